The number of benzene rings is 3. The van der Waals surface area contributed by atoms with E-state index in [-0.39, 0.29) is 31.6 Å². The molecule has 1 atom stereocenters. The summed E-state index contributed by atoms with van der Waals surface area (Å²) < 4.78 is 23.6. The number of fused-ring (bicyclic) bond motifs is 3. The van der Waals surface area contributed by atoms with Crippen molar-refractivity contribution in [3.8, 4) is 23.0 Å². The summed E-state index contributed by atoms with van der Waals surface area (Å²) in [5.41, 5.74) is 2.95. The van der Waals surface area contributed by atoms with Crippen LogP contribution in [0.5, 0.6) is 23.0 Å². The molecule has 2 aliphatic rings. The molecular formula is C29H27N3O6S. The fraction of sp³-hybridized carbons (Fsp3) is 0.276. The van der Waals surface area contributed by atoms with Gasteiger partial charge in [-0.15, -0.1) is 0 Å². The quantitative estimate of drug-likeness (QED) is 0.245. The van der Waals surface area contributed by atoms with E-state index in [9.17, 15) is 9.59 Å². The maximum atomic E-state index is 13.9. The number of nitrogens with zero attached hydrogens (tertiary/aromatic N) is 2. The zero-order valence-electron chi connectivity index (χ0n) is 21.6. The lowest BCUT2D eigenvalue weighted by molar-refractivity contribution is -0.115. The lowest BCUT2D eigenvalue weighted by Gasteiger charge is -2.19. The van der Waals surface area contributed by atoms with Crippen LogP contribution in [0.2, 0.25) is 0 Å². The standard InChI is InChI=1S/C29H27N3O6S/c1-3-18-7-5-6-8-20(18)30-27(33)26(4-2)39-29-31-21-13-25-24(37-16-38-25)12-19(21)28(34)32(29)14-17-9-10-22-23(11-17)36-15-35-22/h5-13,26H,3-4,14-16H2,1-2H3,(H,30,33)/t26-/m0/s1. The van der Waals surface area contributed by atoms with Crippen LogP contribution < -0.4 is 29.8 Å². The summed E-state index contributed by atoms with van der Waals surface area (Å²) in [6.45, 7) is 4.50. The summed E-state index contributed by atoms with van der Waals surface area (Å²) in [5, 5.41) is 3.45. The predicted molar refractivity (Wildman–Crippen MR) is 148 cm³/mol. The Labute approximate surface area is 229 Å². The summed E-state index contributed by atoms with van der Waals surface area (Å²) in [6.07, 6.45) is 1.35. The summed E-state index contributed by atoms with van der Waals surface area (Å²) >= 11 is 1.27. The smallest absolute Gasteiger partial charge is 0.262 e. The van der Waals surface area contributed by atoms with Crippen LogP contribution in [0, 0.1) is 0 Å². The molecule has 0 bridgehead atoms. The van der Waals surface area contributed by atoms with Crippen molar-refractivity contribution in [3.63, 3.8) is 0 Å². The molecule has 10 heteroatoms. The van der Waals surface area contributed by atoms with Crippen LogP contribution in [0.25, 0.3) is 10.9 Å². The van der Waals surface area contributed by atoms with Crippen LogP contribution in [0.4, 0.5) is 5.69 Å². The van der Waals surface area contributed by atoms with Crippen LogP contribution in [0.3, 0.4) is 0 Å². The summed E-state index contributed by atoms with van der Waals surface area (Å²) in [6, 6.07) is 16.7. The first kappa shape index (κ1) is 25.1. The van der Waals surface area contributed by atoms with Gasteiger partial charge in [0.2, 0.25) is 19.5 Å². The largest absolute Gasteiger partial charge is 0.454 e. The number of amides is 1. The second kappa shape index (κ2) is 10.5. The average Bonchev–Trinajstić information content (AvgIpc) is 3.61. The summed E-state index contributed by atoms with van der Waals surface area (Å²) in [4.78, 5) is 32.1. The highest BCUT2D eigenvalue weighted by molar-refractivity contribution is 8.00. The van der Waals surface area contributed by atoms with E-state index in [0.717, 1.165) is 23.2 Å². The highest BCUT2D eigenvalue weighted by atomic mass is 32.2. The van der Waals surface area contributed by atoms with Crippen LogP contribution in [-0.4, -0.2) is 34.3 Å². The number of carbonyl (C=O) groups is 1. The molecule has 1 amide bonds. The molecule has 1 N–H and O–H groups in total. The molecule has 0 fully saturated rings. The zero-order valence-corrected chi connectivity index (χ0v) is 22.4. The van der Waals surface area contributed by atoms with Crippen molar-refractivity contribution in [1.29, 1.82) is 0 Å². The first-order valence-corrected chi connectivity index (χ1v) is 13.7. The van der Waals surface area contributed by atoms with Gasteiger partial charge in [-0.3, -0.25) is 14.2 Å². The third-order valence-corrected chi connectivity index (χ3v) is 8.11. The number of hydrogen-bond acceptors (Lipinski definition) is 8. The van der Waals surface area contributed by atoms with Gasteiger partial charge in [0.15, 0.2) is 28.2 Å². The van der Waals surface area contributed by atoms with Crippen molar-refractivity contribution in [3.05, 3.63) is 76.1 Å². The number of ether oxygens (including phenoxy) is 4. The molecule has 3 heterocycles. The van der Waals surface area contributed by atoms with Gasteiger partial charge in [-0.25, -0.2) is 4.98 Å². The van der Waals surface area contributed by atoms with Crippen molar-refractivity contribution >= 4 is 34.3 Å². The molecule has 0 radical (unpaired) electrons. The monoisotopic (exact) mass is 545 g/mol. The molecule has 9 nitrogen and oxygen atoms in total. The minimum atomic E-state index is -0.476. The molecule has 0 unspecified atom stereocenters. The van der Waals surface area contributed by atoms with E-state index >= 15 is 0 Å². The Bertz CT molecular complexity index is 1640. The second-order valence-electron chi connectivity index (χ2n) is 9.21. The van der Waals surface area contributed by atoms with Crippen molar-refractivity contribution in [2.75, 3.05) is 18.9 Å². The Morgan fingerprint density at radius 2 is 1.69 bits per heavy atom. The Hall–Kier alpha value is -4.18. The lowest BCUT2D eigenvalue weighted by atomic mass is 10.1. The molecule has 4 aromatic rings. The molecule has 0 aliphatic carbocycles. The molecular weight excluding hydrogens is 518 g/mol. The first-order valence-electron chi connectivity index (χ1n) is 12.8. The van der Waals surface area contributed by atoms with Gasteiger partial charge in [-0.2, -0.15) is 0 Å². The van der Waals surface area contributed by atoms with Crippen molar-refractivity contribution in [2.45, 2.75) is 43.6 Å². The summed E-state index contributed by atoms with van der Waals surface area (Å²) in [5.74, 6) is 2.21. The highest BCUT2D eigenvalue weighted by Gasteiger charge is 2.25. The van der Waals surface area contributed by atoms with Gasteiger partial charge in [0, 0.05) is 11.8 Å². The Kier molecular flexibility index (Phi) is 6.78. The molecule has 0 saturated heterocycles. The Morgan fingerprint density at radius 1 is 0.974 bits per heavy atom. The van der Waals surface area contributed by atoms with Crippen LogP contribution in [0.1, 0.15) is 31.4 Å². The third-order valence-electron chi connectivity index (χ3n) is 6.76. The molecule has 3 aromatic carbocycles. The minimum absolute atomic E-state index is 0.0932. The Balaban J connectivity index is 1.38. The van der Waals surface area contributed by atoms with E-state index in [0.29, 0.717) is 45.5 Å². The van der Waals surface area contributed by atoms with Gasteiger partial charge in [-0.1, -0.05) is 49.9 Å². The fourth-order valence-corrected chi connectivity index (χ4v) is 5.67. The van der Waals surface area contributed by atoms with Crippen molar-refractivity contribution in [1.82, 2.24) is 9.55 Å². The van der Waals surface area contributed by atoms with E-state index in [4.69, 9.17) is 23.9 Å². The second-order valence-corrected chi connectivity index (χ2v) is 10.4. The predicted octanol–water partition coefficient (Wildman–Crippen LogP) is 4.97. The van der Waals surface area contributed by atoms with Gasteiger partial charge >= 0.3 is 0 Å². The number of anilines is 1. The molecule has 1 aromatic heterocycles. The van der Waals surface area contributed by atoms with Crippen LogP contribution in [-0.2, 0) is 17.8 Å². The molecule has 200 valence electrons. The van der Waals surface area contributed by atoms with Crippen molar-refractivity contribution in [2.24, 2.45) is 0 Å². The van der Waals surface area contributed by atoms with Gasteiger partial charge < -0.3 is 24.3 Å². The molecule has 0 saturated carbocycles. The van der Waals surface area contributed by atoms with Gasteiger partial charge in [-0.05, 0) is 48.2 Å². The maximum Gasteiger partial charge on any atom is 0.262 e. The number of thioether (sulfide) groups is 1. The normalized spacial score (nSPS) is 14.0. The van der Waals surface area contributed by atoms with Crippen molar-refractivity contribution < 1.29 is 23.7 Å². The number of carbonyl (C=O) groups excluding carboxylic acids is 1. The molecule has 39 heavy (non-hydrogen) atoms. The number of para-hydroxylation sites is 1. The number of aryl methyl sites for hydroxylation is 1. The first-order chi connectivity index (χ1) is 19.0. The van der Waals surface area contributed by atoms with E-state index in [1.807, 2.05) is 49.4 Å². The zero-order chi connectivity index (χ0) is 26.9. The van der Waals surface area contributed by atoms with E-state index in [1.165, 1.54) is 11.8 Å². The topological polar surface area (TPSA) is 101 Å². The SMILES string of the molecule is CCc1ccccc1NC(=O)[C@H](CC)Sc1nc2cc3c(cc2c(=O)n1Cc1ccc2c(c1)OCO2)OCO3. The van der Waals surface area contributed by atoms with E-state index in [1.54, 1.807) is 16.7 Å². The van der Waals surface area contributed by atoms with Gasteiger partial charge in [0.1, 0.15) is 0 Å². The maximum absolute atomic E-state index is 13.9. The van der Waals surface area contributed by atoms with Crippen LogP contribution >= 0.6 is 11.8 Å². The number of nitrogens with one attached hydrogen (secondary N) is 1. The number of hydrogen-bond donors (Lipinski definition) is 1. The molecule has 2 aliphatic heterocycles. The minimum Gasteiger partial charge on any atom is -0.454 e. The van der Waals surface area contributed by atoms with Gasteiger partial charge in [0.05, 0.1) is 22.7 Å². The highest BCUT2D eigenvalue weighted by Crippen LogP contribution is 2.36. The van der Waals surface area contributed by atoms with E-state index in [2.05, 4.69) is 12.2 Å². The van der Waals surface area contributed by atoms with Crippen LogP contribution in [0.15, 0.2) is 64.5 Å². The number of rotatable bonds is 8. The van der Waals surface area contributed by atoms with E-state index < -0.39 is 5.25 Å². The third kappa shape index (κ3) is 4.87. The summed E-state index contributed by atoms with van der Waals surface area (Å²) in [7, 11) is 0. The number of aromatic nitrogens is 2. The Morgan fingerprint density at radius 3 is 2.46 bits per heavy atom. The molecule has 0 spiro atoms. The average molecular weight is 546 g/mol. The molecule has 6 rings (SSSR count). The lowest BCUT2D eigenvalue weighted by Crippen LogP contribution is -2.28. The fourth-order valence-electron chi connectivity index (χ4n) is 4.66. The van der Waals surface area contributed by atoms with Gasteiger partial charge in [0.25, 0.3) is 5.56 Å².